The molecule has 0 saturated carbocycles. The molecular weight excluding hydrogens is 240 g/mol. The molecule has 2 aliphatic heterocycles. The van der Waals surface area contributed by atoms with Crippen LogP contribution in [0.25, 0.3) is 0 Å². The molecule has 1 fully saturated rings. The number of pyridine rings is 1. The molecule has 2 aliphatic rings. The molecule has 0 aromatic carbocycles. The summed E-state index contributed by atoms with van der Waals surface area (Å²) in [6.07, 6.45) is 3.61. The van der Waals surface area contributed by atoms with Gasteiger partial charge in [0.2, 0.25) is 0 Å². The Morgan fingerprint density at radius 3 is 2.74 bits per heavy atom. The zero-order valence-electron chi connectivity index (χ0n) is 11.9. The average molecular weight is 262 g/mol. The van der Waals surface area contributed by atoms with Gasteiger partial charge in [0.1, 0.15) is 0 Å². The molecule has 1 saturated heterocycles. The van der Waals surface area contributed by atoms with Gasteiger partial charge in [-0.2, -0.15) is 0 Å². The number of rotatable bonds is 3. The standard InChI is InChI=1S/C15H22N2O2/c1-4-14(7-11(3)16)12-10(2)5-6-17-13(12)15(19-14)8-18-9-15/h5-6,11H,4,7-9,16H2,1-3H3/t11-,14-/m1/s1. The van der Waals surface area contributed by atoms with Gasteiger partial charge in [-0.05, 0) is 38.3 Å². The molecule has 0 unspecified atom stereocenters. The van der Waals surface area contributed by atoms with Crippen LogP contribution in [0.5, 0.6) is 0 Å². The lowest BCUT2D eigenvalue weighted by Crippen LogP contribution is -2.49. The molecule has 4 heteroatoms. The zero-order chi connectivity index (χ0) is 13.7. The molecule has 0 amide bonds. The highest BCUT2D eigenvalue weighted by atomic mass is 16.6. The molecule has 3 rings (SSSR count). The Kier molecular flexibility index (Phi) is 2.93. The van der Waals surface area contributed by atoms with Crippen LogP contribution in [0.4, 0.5) is 0 Å². The second-order valence-corrected chi connectivity index (χ2v) is 5.97. The Bertz CT molecular complexity index is 497. The maximum Gasteiger partial charge on any atom is 0.158 e. The van der Waals surface area contributed by atoms with E-state index < -0.39 is 0 Å². The quantitative estimate of drug-likeness (QED) is 0.905. The van der Waals surface area contributed by atoms with Gasteiger partial charge in [0.25, 0.3) is 0 Å². The molecule has 2 atom stereocenters. The highest BCUT2D eigenvalue weighted by Gasteiger charge is 2.58. The second-order valence-electron chi connectivity index (χ2n) is 5.97. The summed E-state index contributed by atoms with van der Waals surface area (Å²) in [5.74, 6) is 0. The summed E-state index contributed by atoms with van der Waals surface area (Å²) in [4.78, 5) is 4.60. The predicted octanol–water partition coefficient (Wildman–Crippen LogP) is 1.99. The third-order valence-corrected chi connectivity index (χ3v) is 4.33. The van der Waals surface area contributed by atoms with Crippen molar-refractivity contribution in [3.8, 4) is 0 Å². The van der Waals surface area contributed by atoms with Crippen LogP contribution in [0.3, 0.4) is 0 Å². The highest BCUT2D eigenvalue weighted by molar-refractivity contribution is 5.43. The summed E-state index contributed by atoms with van der Waals surface area (Å²) in [6, 6.07) is 2.16. The SMILES string of the molecule is CC[C@]1(C[C@@H](C)N)OC2(COC2)c2nccc(C)c21. The number of hydrogen-bond donors (Lipinski definition) is 1. The van der Waals surface area contributed by atoms with Gasteiger partial charge in [-0.1, -0.05) is 6.92 Å². The van der Waals surface area contributed by atoms with Crippen molar-refractivity contribution in [1.29, 1.82) is 0 Å². The largest absolute Gasteiger partial charge is 0.374 e. The van der Waals surface area contributed by atoms with Crippen molar-refractivity contribution in [1.82, 2.24) is 4.98 Å². The molecule has 104 valence electrons. The van der Waals surface area contributed by atoms with Crippen molar-refractivity contribution in [3.05, 3.63) is 29.1 Å². The summed E-state index contributed by atoms with van der Waals surface area (Å²) in [6.45, 7) is 7.55. The van der Waals surface area contributed by atoms with E-state index in [1.807, 2.05) is 13.1 Å². The summed E-state index contributed by atoms with van der Waals surface area (Å²) < 4.78 is 11.9. The number of hydrogen-bond acceptors (Lipinski definition) is 4. The van der Waals surface area contributed by atoms with E-state index >= 15 is 0 Å². The van der Waals surface area contributed by atoms with Crippen molar-refractivity contribution in [2.45, 2.75) is 50.9 Å². The minimum atomic E-state index is -0.327. The van der Waals surface area contributed by atoms with Crippen LogP contribution >= 0.6 is 0 Å². The van der Waals surface area contributed by atoms with Gasteiger partial charge in [0.05, 0.1) is 24.5 Å². The number of aromatic nitrogens is 1. The third-order valence-electron chi connectivity index (χ3n) is 4.33. The number of nitrogens with zero attached hydrogens (tertiary/aromatic N) is 1. The van der Waals surface area contributed by atoms with Gasteiger partial charge >= 0.3 is 0 Å². The van der Waals surface area contributed by atoms with Gasteiger partial charge in [0.15, 0.2) is 5.60 Å². The lowest BCUT2D eigenvalue weighted by atomic mass is 9.82. The van der Waals surface area contributed by atoms with E-state index in [4.69, 9.17) is 15.2 Å². The summed E-state index contributed by atoms with van der Waals surface area (Å²) in [5.41, 5.74) is 8.99. The molecule has 4 nitrogen and oxygen atoms in total. The highest BCUT2D eigenvalue weighted by Crippen LogP contribution is 2.54. The van der Waals surface area contributed by atoms with Crippen LogP contribution < -0.4 is 5.73 Å². The Balaban J connectivity index is 2.14. The normalized spacial score (nSPS) is 29.1. The Morgan fingerprint density at radius 1 is 1.47 bits per heavy atom. The number of fused-ring (bicyclic) bond motifs is 2. The fourth-order valence-corrected chi connectivity index (χ4v) is 3.49. The number of aryl methyl sites for hydroxylation is 1. The van der Waals surface area contributed by atoms with Gasteiger partial charge < -0.3 is 15.2 Å². The zero-order valence-corrected chi connectivity index (χ0v) is 11.9. The van der Waals surface area contributed by atoms with E-state index in [2.05, 4.69) is 24.9 Å². The van der Waals surface area contributed by atoms with Gasteiger partial charge in [0, 0.05) is 17.8 Å². The Morgan fingerprint density at radius 2 is 2.21 bits per heavy atom. The van der Waals surface area contributed by atoms with Crippen molar-refractivity contribution in [2.75, 3.05) is 13.2 Å². The minimum Gasteiger partial charge on any atom is -0.374 e. The Labute approximate surface area is 114 Å². The molecule has 1 aromatic rings. The average Bonchev–Trinajstić information content (AvgIpc) is 2.61. The molecule has 19 heavy (non-hydrogen) atoms. The maximum atomic E-state index is 6.52. The first-order valence-electron chi connectivity index (χ1n) is 7.03. The van der Waals surface area contributed by atoms with Crippen molar-refractivity contribution in [2.24, 2.45) is 5.73 Å². The lowest BCUT2D eigenvalue weighted by molar-refractivity contribution is -0.259. The molecule has 0 aliphatic carbocycles. The van der Waals surface area contributed by atoms with Crippen molar-refractivity contribution < 1.29 is 9.47 Å². The van der Waals surface area contributed by atoms with Crippen LogP contribution in [-0.2, 0) is 20.7 Å². The molecule has 0 radical (unpaired) electrons. The van der Waals surface area contributed by atoms with Crippen LogP contribution in [-0.4, -0.2) is 24.2 Å². The van der Waals surface area contributed by atoms with Crippen LogP contribution in [0.15, 0.2) is 12.3 Å². The van der Waals surface area contributed by atoms with E-state index in [0.717, 1.165) is 18.5 Å². The summed E-state index contributed by atoms with van der Waals surface area (Å²) in [5, 5.41) is 0. The van der Waals surface area contributed by atoms with E-state index in [1.165, 1.54) is 11.1 Å². The molecule has 1 spiro atoms. The molecule has 2 N–H and O–H groups in total. The number of nitrogens with two attached hydrogens (primary N) is 1. The second kappa shape index (κ2) is 4.27. The fraction of sp³-hybridized carbons (Fsp3) is 0.667. The van der Waals surface area contributed by atoms with Crippen molar-refractivity contribution >= 4 is 0 Å². The van der Waals surface area contributed by atoms with Gasteiger partial charge in [-0.3, -0.25) is 4.98 Å². The predicted molar refractivity (Wildman–Crippen MR) is 72.8 cm³/mol. The minimum absolute atomic E-state index is 0.101. The molecule has 0 bridgehead atoms. The first-order valence-corrected chi connectivity index (χ1v) is 7.03. The molecular formula is C15H22N2O2. The Hall–Kier alpha value is -0.970. The van der Waals surface area contributed by atoms with Crippen LogP contribution in [0.2, 0.25) is 0 Å². The lowest BCUT2D eigenvalue weighted by Gasteiger charge is -2.41. The molecule has 1 aromatic heterocycles. The van der Waals surface area contributed by atoms with Crippen molar-refractivity contribution in [3.63, 3.8) is 0 Å². The first kappa shape index (κ1) is 13.0. The fourth-order valence-electron chi connectivity index (χ4n) is 3.49. The molecule has 3 heterocycles. The topological polar surface area (TPSA) is 57.4 Å². The summed E-state index contributed by atoms with van der Waals surface area (Å²) >= 11 is 0. The maximum absolute atomic E-state index is 6.52. The van der Waals surface area contributed by atoms with E-state index in [-0.39, 0.29) is 17.2 Å². The first-order chi connectivity index (χ1) is 9.03. The van der Waals surface area contributed by atoms with Crippen LogP contribution in [0.1, 0.15) is 43.5 Å². The van der Waals surface area contributed by atoms with E-state index in [9.17, 15) is 0 Å². The van der Waals surface area contributed by atoms with Gasteiger partial charge in [-0.15, -0.1) is 0 Å². The smallest absolute Gasteiger partial charge is 0.158 e. The van der Waals surface area contributed by atoms with E-state index in [0.29, 0.717) is 13.2 Å². The third kappa shape index (κ3) is 1.74. The van der Waals surface area contributed by atoms with E-state index in [1.54, 1.807) is 0 Å². The monoisotopic (exact) mass is 262 g/mol. The number of ether oxygens (including phenoxy) is 2. The van der Waals surface area contributed by atoms with Crippen LogP contribution in [0, 0.1) is 6.92 Å². The van der Waals surface area contributed by atoms with Gasteiger partial charge in [-0.25, -0.2) is 0 Å². The summed E-state index contributed by atoms with van der Waals surface area (Å²) in [7, 11) is 0.